The third-order valence-electron chi connectivity index (χ3n) is 4.15. The first-order valence-electron chi connectivity index (χ1n) is 7.78. The summed E-state index contributed by atoms with van der Waals surface area (Å²) in [4.78, 5) is 53.7. The van der Waals surface area contributed by atoms with E-state index in [1.54, 1.807) is 5.38 Å². The van der Waals surface area contributed by atoms with Crippen LogP contribution in [0, 0.1) is 0 Å². The molecule has 2 amide bonds. The number of aromatic nitrogens is 1. The fourth-order valence-electron chi connectivity index (χ4n) is 2.81. The third kappa shape index (κ3) is 2.72. The fourth-order valence-corrected chi connectivity index (χ4v) is 3.45. The molecule has 1 aromatic heterocycles. The summed E-state index contributed by atoms with van der Waals surface area (Å²) < 4.78 is 0. The Balaban J connectivity index is 1.68. The van der Waals surface area contributed by atoms with Crippen LogP contribution in [0.1, 0.15) is 47.0 Å². The third-order valence-corrected chi connectivity index (χ3v) is 4.91. The van der Waals surface area contributed by atoms with Crippen molar-refractivity contribution in [2.75, 3.05) is 4.90 Å². The highest BCUT2D eigenvalue weighted by atomic mass is 32.1. The molecule has 1 N–H and O–H groups in total. The van der Waals surface area contributed by atoms with Gasteiger partial charge in [-0.05, 0) is 24.3 Å². The van der Waals surface area contributed by atoms with Crippen LogP contribution in [0.5, 0.6) is 0 Å². The van der Waals surface area contributed by atoms with Gasteiger partial charge in [0.25, 0.3) is 11.8 Å². The van der Waals surface area contributed by atoms with Gasteiger partial charge in [0.2, 0.25) is 0 Å². The Labute approximate surface area is 156 Å². The lowest BCUT2D eigenvalue weighted by Gasteiger charge is -2.08. The lowest BCUT2D eigenvalue weighted by molar-refractivity contribution is 0.0695. The summed E-state index contributed by atoms with van der Waals surface area (Å²) in [7, 11) is 0. The highest BCUT2D eigenvalue weighted by Crippen LogP contribution is 2.30. The summed E-state index contributed by atoms with van der Waals surface area (Å²) in [6, 6.07) is 9.80. The highest BCUT2D eigenvalue weighted by Gasteiger charge is 2.38. The molecule has 1 aliphatic rings. The molecule has 132 valence electrons. The number of nitrogens with zero attached hydrogens (tertiary/aromatic N) is 2. The van der Waals surface area contributed by atoms with E-state index in [2.05, 4.69) is 4.98 Å². The number of anilines is 1. The van der Waals surface area contributed by atoms with E-state index < -0.39 is 17.8 Å². The number of benzene rings is 2. The summed E-state index contributed by atoms with van der Waals surface area (Å²) >= 11 is 1.17. The van der Waals surface area contributed by atoms with Crippen LogP contribution < -0.4 is 4.90 Å². The summed E-state index contributed by atoms with van der Waals surface area (Å²) in [6.07, 6.45) is 1.50. The number of carboxylic acid groups (broad SMARTS) is 1. The molecule has 7 nitrogen and oxygen atoms in total. The first-order valence-corrected chi connectivity index (χ1v) is 8.65. The lowest BCUT2D eigenvalue weighted by Crippen LogP contribution is -2.29. The normalized spacial score (nSPS) is 13.0. The van der Waals surface area contributed by atoms with Crippen LogP contribution in [0.4, 0.5) is 5.13 Å². The van der Waals surface area contributed by atoms with Crippen LogP contribution in [-0.4, -0.2) is 33.7 Å². The molecule has 1 aliphatic heterocycles. The van der Waals surface area contributed by atoms with Gasteiger partial charge in [0.05, 0.1) is 16.7 Å². The van der Waals surface area contributed by atoms with Crippen molar-refractivity contribution < 1.29 is 24.3 Å². The molecule has 4 rings (SSSR count). The number of amides is 2. The summed E-state index contributed by atoms with van der Waals surface area (Å²) in [5.74, 6) is -2.46. The molecule has 0 saturated carbocycles. The lowest BCUT2D eigenvalue weighted by atomic mass is 9.98. The van der Waals surface area contributed by atoms with Crippen LogP contribution in [-0.2, 0) is 0 Å². The summed E-state index contributed by atoms with van der Waals surface area (Å²) in [5, 5.41) is 10.9. The highest BCUT2D eigenvalue weighted by molar-refractivity contribution is 7.14. The molecule has 8 heteroatoms. The molecule has 0 spiro atoms. The number of imide groups is 1. The molecule has 0 aliphatic carbocycles. The minimum atomic E-state index is -1.09. The van der Waals surface area contributed by atoms with Crippen molar-refractivity contribution in [1.82, 2.24) is 4.98 Å². The van der Waals surface area contributed by atoms with Gasteiger partial charge in [0.1, 0.15) is 0 Å². The van der Waals surface area contributed by atoms with Crippen molar-refractivity contribution >= 4 is 40.0 Å². The Morgan fingerprint density at radius 3 is 2.15 bits per heavy atom. The van der Waals surface area contributed by atoms with Crippen molar-refractivity contribution in [3.63, 3.8) is 0 Å². The first kappa shape index (κ1) is 16.8. The number of fused-ring (bicyclic) bond motifs is 1. The number of carbonyl (C=O) groups is 4. The molecule has 0 saturated heterocycles. The van der Waals surface area contributed by atoms with E-state index in [0.717, 1.165) is 4.90 Å². The Morgan fingerprint density at radius 1 is 0.889 bits per heavy atom. The number of carboxylic acids is 1. The van der Waals surface area contributed by atoms with Gasteiger partial charge in [-0.2, -0.15) is 0 Å². The quantitative estimate of drug-likeness (QED) is 0.553. The molecule has 0 atom stereocenters. The van der Waals surface area contributed by atoms with Crippen LogP contribution in [0.15, 0.2) is 54.0 Å². The number of hydrogen-bond acceptors (Lipinski definition) is 6. The van der Waals surface area contributed by atoms with Gasteiger partial charge in [-0.3, -0.25) is 14.4 Å². The molecule has 27 heavy (non-hydrogen) atoms. The zero-order chi connectivity index (χ0) is 19.1. The maximum atomic E-state index is 12.7. The molecular formula is C19H10N2O5S. The molecular weight excluding hydrogens is 368 g/mol. The fraction of sp³-hybridized carbons (Fsp3) is 0. The Morgan fingerprint density at radius 2 is 1.52 bits per heavy atom. The first-order chi connectivity index (χ1) is 13.0. The van der Waals surface area contributed by atoms with Crippen molar-refractivity contribution in [1.29, 1.82) is 0 Å². The molecule has 0 fully saturated rings. The summed E-state index contributed by atoms with van der Waals surface area (Å²) in [5.41, 5.74) is 0.948. The van der Waals surface area contributed by atoms with Crippen LogP contribution >= 0.6 is 11.3 Å². The Hall–Kier alpha value is -3.65. The van der Waals surface area contributed by atoms with E-state index in [-0.39, 0.29) is 38.7 Å². The van der Waals surface area contributed by atoms with E-state index in [1.807, 2.05) is 0 Å². The molecule has 2 heterocycles. The van der Waals surface area contributed by atoms with Gasteiger partial charge in [-0.1, -0.05) is 18.2 Å². The minimum absolute atomic E-state index is 0.0698. The van der Waals surface area contributed by atoms with E-state index in [1.165, 1.54) is 60.0 Å². The number of thiazole rings is 1. The van der Waals surface area contributed by atoms with E-state index in [0.29, 0.717) is 0 Å². The number of hydrogen-bond donors (Lipinski definition) is 1. The second-order valence-corrected chi connectivity index (χ2v) is 6.61. The van der Waals surface area contributed by atoms with Crippen LogP contribution in [0.3, 0.4) is 0 Å². The summed E-state index contributed by atoms with van der Waals surface area (Å²) in [6.45, 7) is 0. The minimum Gasteiger partial charge on any atom is -0.478 e. The Kier molecular flexibility index (Phi) is 3.89. The van der Waals surface area contributed by atoms with Gasteiger partial charge in [-0.25, -0.2) is 14.7 Å². The molecule has 2 aromatic carbocycles. The Bertz CT molecular complexity index is 1100. The number of ketones is 1. The SMILES string of the molecule is O=C(O)c1ccc(C(=O)c2ccc3c(c2)C(=O)N(c2nccs2)C3=O)cc1. The number of carbonyl (C=O) groups excluding carboxylic acids is 3. The van der Waals surface area contributed by atoms with Crippen molar-refractivity contribution in [3.05, 3.63) is 81.9 Å². The largest absolute Gasteiger partial charge is 0.478 e. The van der Waals surface area contributed by atoms with Crippen molar-refractivity contribution in [2.24, 2.45) is 0 Å². The monoisotopic (exact) mass is 378 g/mol. The average Bonchev–Trinajstić information content (AvgIpc) is 3.28. The number of aromatic carboxylic acids is 1. The zero-order valence-electron chi connectivity index (χ0n) is 13.6. The van der Waals surface area contributed by atoms with E-state index >= 15 is 0 Å². The van der Waals surface area contributed by atoms with Gasteiger partial charge in [0.15, 0.2) is 10.9 Å². The molecule has 0 bridgehead atoms. The second kappa shape index (κ2) is 6.26. The van der Waals surface area contributed by atoms with Crippen molar-refractivity contribution in [2.45, 2.75) is 0 Å². The zero-order valence-corrected chi connectivity index (χ0v) is 14.4. The van der Waals surface area contributed by atoms with Gasteiger partial charge in [-0.15, -0.1) is 11.3 Å². The molecule has 3 aromatic rings. The van der Waals surface area contributed by atoms with Gasteiger partial charge >= 0.3 is 5.97 Å². The van der Waals surface area contributed by atoms with Crippen LogP contribution in [0.25, 0.3) is 0 Å². The van der Waals surface area contributed by atoms with Crippen LogP contribution in [0.2, 0.25) is 0 Å². The van der Waals surface area contributed by atoms with Gasteiger partial charge in [0, 0.05) is 22.7 Å². The smallest absolute Gasteiger partial charge is 0.335 e. The van der Waals surface area contributed by atoms with E-state index in [9.17, 15) is 19.2 Å². The maximum Gasteiger partial charge on any atom is 0.335 e. The number of rotatable bonds is 4. The maximum absolute atomic E-state index is 12.7. The van der Waals surface area contributed by atoms with Crippen molar-refractivity contribution in [3.8, 4) is 0 Å². The standard InChI is InChI=1S/C19H10N2O5S/c22-15(10-1-3-11(4-2-10)18(25)26)12-5-6-13-14(9-12)17(24)21(16(13)23)19-20-7-8-27-19/h1-9H,(H,25,26). The molecule has 0 unspecified atom stereocenters. The predicted molar refractivity (Wildman–Crippen MR) is 96.5 cm³/mol. The predicted octanol–water partition coefficient (Wildman–Crippen LogP) is 2.87. The molecule has 0 radical (unpaired) electrons. The van der Waals surface area contributed by atoms with E-state index in [4.69, 9.17) is 5.11 Å². The second-order valence-electron chi connectivity index (χ2n) is 5.73. The van der Waals surface area contributed by atoms with Gasteiger partial charge < -0.3 is 5.11 Å². The topological polar surface area (TPSA) is 105 Å². The average molecular weight is 378 g/mol.